The van der Waals surface area contributed by atoms with Crippen LogP contribution in [-0.2, 0) is 6.54 Å². The van der Waals surface area contributed by atoms with Gasteiger partial charge in [0.05, 0.1) is 30.4 Å². The number of aromatic nitrogens is 5. The highest BCUT2D eigenvalue weighted by atomic mass is 35.5. The third kappa shape index (κ3) is 4.47. The molecule has 0 aliphatic rings. The Hall–Kier alpha value is -4.04. The number of halogens is 2. The first-order valence-electron chi connectivity index (χ1n) is 10.1. The molecule has 0 fully saturated rings. The van der Waals surface area contributed by atoms with Gasteiger partial charge in [-0.25, -0.2) is 19.0 Å². The number of fused-ring (bicyclic) bond motifs is 1. The highest BCUT2D eigenvalue weighted by Gasteiger charge is 2.10. The standard InChI is InChI=1S/C24H18ClFN6O/c1-33-18-6-2-15(3-7-18)12-32-13-23(30-31-32)16-4-9-22-19(10-16)24(28-14-27-22)29-17-5-8-21(26)20(25)11-17/h2-11,13-14H,12H2,1H3,(H,27,28,29). The van der Waals surface area contributed by atoms with Gasteiger partial charge in [-0.05, 0) is 48.0 Å². The fourth-order valence-corrected chi connectivity index (χ4v) is 3.63. The third-order valence-corrected chi connectivity index (χ3v) is 5.45. The fourth-order valence-electron chi connectivity index (χ4n) is 3.45. The molecular formula is C24H18ClFN6O. The molecule has 33 heavy (non-hydrogen) atoms. The van der Waals surface area contributed by atoms with Crippen LogP contribution >= 0.6 is 11.6 Å². The minimum absolute atomic E-state index is 0.0347. The first kappa shape index (κ1) is 20.8. The Kier molecular flexibility index (Phi) is 5.58. The highest BCUT2D eigenvalue weighted by molar-refractivity contribution is 6.31. The van der Waals surface area contributed by atoms with Crippen molar-refractivity contribution < 1.29 is 9.13 Å². The van der Waals surface area contributed by atoms with Crippen molar-refractivity contribution >= 4 is 34.0 Å². The molecule has 0 bridgehead atoms. The van der Waals surface area contributed by atoms with Crippen molar-refractivity contribution in [3.8, 4) is 17.0 Å². The summed E-state index contributed by atoms with van der Waals surface area (Å²) in [5.41, 5.74) is 4.07. The maximum absolute atomic E-state index is 13.5. The Morgan fingerprint density at radius 2 is 1.88 bits per heavy atom. The van der Waals surface area contributed by atoms with E-state index in [1.54, 1.807) is 17.9 Å². The molecule has 164 valence electrons. The van der Waals surface area contributed by atoms with Gasteiger partial charge in [-0.3, -0.25) is 0 Å². The Bertz CT molecular complexity index is 1440. The van der Waals surface area contributed by atoms with Gasteiger partial charge in [-0.15, -0.1) is 5.10 Å². The van der Waals surface area contributed by atoms with Gasteiger partial charge in [-0.2, -0.15) is 0 Å². The molecule has 0 atom stereocenters. The molecule has 0 aliphatic heterocycles. The van der Waals surface area contributed by atoms with E-state index < -0.39 is 5.82 Å². The largest absolute Gasteiger partial charge is 0.497 e. The lowest BCUT2D eigenvalue weighted by Gasteiger charge is -2.09. The summed E-state index contributed by atoms with van der Waals surface area (Å²) < 4.78 is 20.5. The summed E-state index contributed by atoms with van der Waals surface area (Å²) in [6, 6.07) is 18.0. The van der Waals surface area contributed by atoms with E-state index in [4.69, 9.17) is 16.3 Å². The van der Waals surface area contributed by atoms with Crippen molar-refractivity contribution in [3.63, 3.8) is 0 Å². The SMILES string of the molecule is COc1ccc(Cn2cc(-c3ccc4ncnc(Nc5ccc(F)c(Cl)c5)c4c3)nn2)cc1. The van der Waals surface area contributed by atoms with Crippen LogP contribution < -0.4 is 10.1 Å². The molecule has 5 aromatic rings. The number of hydrogen-bond donors (Lipinski definition) is 1. The third-order valence-electron chi connectivity index (χ3n) is 5.16. The van der Waals surface area contributed by atoms with E-state index in [1.807, 2.05) is 48.7 Å². The van der Waals surface area contributed by atoms with Crippen LogP contribution in [0, 0.1) is 5.82 Å². The van der Waals surface area contributed by atoms with Crippen LogP contribution in [0.25, 0.3) is 22.2 Å². The lowest BCUT2D eigenvalue weighted by molar-refractivity contribution is 0.414. The predicted molar refractivity (Wildman–Crippen MR) is 125 cm³/mol. The maximum Gasteiger partial charge on any atom is 0.141 e. The molecule has 3 aromatic carbocycles. The van der Waals surface area contributed by atoms with Crippen LogP contribution in [0.1, 0.15) is 5.56 Å². The summed E-state index contributed by atoms with van der Waals surface area (Å²) in [6.07, 6.45) is 3.36. The molecule has 0 unspecified atom stereocenters. The van der Waals surface area contributed by atoms with Gasteiger partial charge in [0.2, 0.25) is 0 Å². The van der Waals surface area contributed by atoms with Gasteiger partial charge in [-0.1, -0.05) is 35.0 Å². The quantitative estimate of drug-likeness (QED) is 0.361. The number of ether oxygens (including phenoxy) is 1. The van der Waals surface area contributed by atoms with Gasteiger partial charge in [0.25, 0.3) is 0 Å². The average molecular weight is 461 g/mol. The van der Waals surface area contributed by atoms with E-state index in [0.29, 0.717) is 18.1 Å². The highest BCUT2D eigenvalue weighted by Crippen LogP contribution is 2.29. The van der Waals surface area contributed by atoms with Crippen LogP contribution in [-0.4, -0.2) is 32.1 Å². The number of nitrogens with zero attached hydrogens (tertiary/aromatic N) is 5. The molecule has 0 aliphatic carbocycles. The second-order valence-electron chi connectivity index (χ2n) is 7.36. The van der Waals surface area contributed by atoms with E-state index in [9.17, 15) is 4.39 Å². The van der Waals surface area contributed by atoms with E-state index in [2.05, 4.69) is 25.6 Å². The Balaban J connectivity index is 1.43. The van der Waals surface area contributed by atoms with Crippen molar-refractivity contribution in [3.05, 3.63) is 89.6 Å². The van der Waals surface area contributed by atoms with Crippen LogP contribution in [0.4, 0.5) is 15.9 Å². The number of rotatable bonds is 6. The van der Waals surface area contributed by atoms with E-state index in [-0.39, 0.29) is 5.02 Å². The molecule has 9 heteroatoms. The number of anilines is 2. The average Bonchev–Trinajstić information content (AvgIpc) is 3.30. The molecular weight excluding hydrogens is 443 g/mol. The first-order chi connectivity index (χ1) is 16.1. The molecule has 0 amide bonds. The van der Waals surface area contributed by atoms with Crippen molar-refractivity contribution in [2.75, 3.05) is 12.4 Å². The fraction of sp³-hybridized carbons (Fsp3) is 0.0833. The maximum atomic E-state index is 13.5. The van der Waals surface area contributed by atoms with E-state index >= 15 is 0 Å². The van der Waals surface area contributed by atoms with E-state index in [1.165, 1.54) is 18.5 Å². The number of benzene rings is 3. The van der Waals surface area contributed by atoms with Crippen LogP contribution in [0.3, 0.4) is 0 Å². The van der Waals surface area contributed by atoms with Crippen LogP contribution in [0.2, 0.25) is 5.02 Å². The first-order valence-corrected chi connectivity index (χ1v) is 10.5. The smallest absolute Gasteiger partial charge is 0.141 e. The number of hydrogen-bond acceptors (Lipinski definition) is 6. The Morgan fingerprint density at radius 3 is 2.67 bits per heavy atom. The van der Waals surface area contributed by atoms with Gasteiger partial charge >= 0.3 is 0 Å². The Morgan fingerprint density at radius 1 is 1.03 bits per heavy atom. The molecule has 0 saturated heterocycles. The Labute approximate surface area is 193 Å². The molecule has 0 spiro atoms. The summed E-state index contributed by atoms with van der Waals surface area (Å²) in [6.45, 7) is 0.589. The molecule has 2 aromatic heterocycles. The van der Waals surface area contributed by atoms with Gasteiger partial charge < -0.3 is 10.1 Å². The van der Waals surface area contributed by atoms with Crippen molar-refractivity contribution in [2.45, 2.75) is 6.54 Å². The lowest BCUT2D eigenvalue weighted by Crippen LogP contribution is -2.00. The molecule has 1 N–H and O–H groups in total. The number of nitrogens with one attached hydrogen (secondary N) is 1. The summed E-state index contributed by atoms with van der Waals surface area (Å²) >= 11 is 5.91. The molecule has 5 rings (SSSR count). The topological polar surface area (TPSA) is 77.8 Å². The predicted octanol–water partition coefficient (Wildman–Crippen LogP) is 5.48. The lowest BCUT2D eigenvalue weighted by atomic mass is 10.1. The zero-order valence-electron chi connectivity index (χ0n) is 17.5. The monoisotopic (exact) mass is 460 g/mol. The van der Waals surface area contributed by atoms with Crippen molar-refractivity contribution in [1.82, 2.24) is 25.0 Å². The normalized spacial score (nSPS) is 11.0. The van der Waals surface area contributed by atoms with E-state index in [0.717, 1.165) is 33.5 Å². The summed E-state index contributed by atoms with van der Waals surface area (Å²) in [4.78, 5) is 8.69. The molecule has 0 radical (unpaired) electrons. The summed E-state index contributed by atoms with van der Waals surface area (Å²) in [5, 5.41) is 12.6. The van der Waals surface area contributed by atoms with Crippen LogP contribution in [0.5, 0.6) is 5.75 Å². The van der Waals surface area contributed by atoms with Crippen LogP contribution in [0.15, 0.2) is 73.2 Å². The molecule has 7 nitrogen and oxygen atoms in total. The van der Waals surface area contributed by atoms with Crippen molar-refractivity contribution in [1.29, 1.82) is 0 Å². The van der Waals surface area contributed by atoms with Gasteiger partial charge in [0.15, 0.2) is 0 Å². The summed E-state index contributed by atoms with van der Waals surface area (Å²) in [5.74, 6) is 0.911. The van der Waals surface area contributed by atoms with Crippen molar-refractivity contribution in [2.24, 2.45) is 0 Å². The molecule has 2 heterocycles. The second kappa shape index (κ2) is 8.84. The zero-order chi connectivity index (χ0) is 22.8. The second-order valence-corrected chi connectivity index (χ2v) is 7.76. The summed E-state index contributed by atoms with van der Waals surface area (Å²) in [7, 11) is 1.64. The minimum Gasteiger partial charge on any atom is -0.497 e. The van der Waals surface area contributed by atoms with Gasteiger partial charge in [0, 0.05) is 16.6 Å². The van der Waals surface area contributed by atoms with Gasteiger partial charge in [0.1, 0.15) is 29.4 Å². The minimum atomic E-state index is -0.477. The zero-order valence-corrected chi connectivity index (χ0v) is 18.3. The molecule has 0 saturated carbocycles. The number of methoxy groups -OCH3 is 1.